The van der Waals surface area contributed by atoms with Gasteiger partial charge in [-0.15, -0.1) is 11.8 Å². The molecule has 2 N–H and O–H groups in total. The minimum Gasteiger partial charge on any atom is -0.508 e. The number of methoxy groups -OCH3 is 1. The van der Waals surface area contributed by atoms with E-state index >= 15 is 0 Å². The van der Waals surface area contributed by atoms with Crippen LogP contribution in [0, 0.1) is 6.92 Å². The summed E-state index contributed by atoms with van der Waals surface area (Å²) in [5, 5.41) is 23.7. The van der Waals surface area contributed by atoms with Crippen molar-refractivity contribution >= 4 is 34.3 Å². The van der Waals surface area contributed by atoms with E-state index in [4.69, 9.17) is 4.52 Å². The molecule has 3 rings (SSSR count). The van der Waals surface area contributed by atoms with Crippen LogP contribution in [-0.2, 0) is 11.3 Å². The third kappa shape index (κ3) is 5.56. The van der Waals surface area contributed by atoms with Crippen LogP contribution in [0.2, 0.25) is 0 Å². The monoisotopic (exact) mass is 440 g/mol. The molecule has 0 aliphatic heterocycles. The molecule has 0 unspecified atom stereocenters. The first kappa shape index (κ1) is 22.2. The van der Waals surface area contributed by atoms with Crippen molar-refractivity contribution in [1.29, 1.82) is 0 Å². The zero-order chi connectivity index (χ0) is 22.4. The highest BCUT2D eigenvalue weighted by atomic mass is 32.2. The van der Waals surface area contributed by atoms with E-state index in [0.717, 1.165) is 5.56 Å². The van der Waals surface area contributed by atoms with Crippen LogP contribution in [0.25, 0.3) is 11.4 Å². The first-order chi connectivity index (χ1) is 14.9. The van der Waals surface area contributed by atoms with E-state index in [1.807, 2.05) is 0 Å². The number of benzene rings is 2. The number of phenols is 1. The minimum absolute atomic E-state index is 0.0457. The van der Waals surface area contributed by atoms with Crippen LogP contribution in [0.15, 0.2) is 57.0 Å². The van der Waals surface area contributed by atoms with Gasteiger partial charge in [0.25, 0.3) is 0 Å². The first-order valence-electron chi connectivity index (χ1n) is 9.08. The molecule has 2 aromatic carbocycles. The second-order valence-corrected chi connectivity index (χ2v) is 7.08. The van der Waals surface area contributed by atoms with E-state index in [1.54, 1.807) is 43.5 Å². The number of aromatic nitrogens is 2. The number of aliphatic hydroxyl groups excluding tert-OH is 1. The third-order valence-corrected chi connectivity index (χ3v) is 4.76. The van der Waals surface area contributed by atoms with E-state index in [0.29, 0.717) is 39.3 Å². The fourth-order valence-corrected chi connectivity index (χ4v) is 3.21. The zero-order valence-electron chi connectivity index (χ0n) is 17.1. The van der Waals surface area contributed by atoms with E-state index in [9.17, 15) is 15.0 Å². The molecule has 31 heavy (non-hydrogen) atoms. The highest BCUT2D eigenvalue weighted by Crippen LogP contribution is 2.24. The third-order valence-electron chi connectivity index (χ3n) is 4.09. The van der Waals surface area contributed by atoms with Crippen LogP contribution in [0.4, 0.5) is 10.5 Å². The molecule has 0 atom stereocenters. The Morgan fingerprint density at radius 1 is 1.23 bits per heavy atom. The van der Waals surface area contributed by atoms with E-state index < -0.39 is 6.09 Å². The van der Waals surface area contributed by atoms with Gasteiger partial charge in [-0.1, -0.05) is 5.16 Å². The lowest BCUT2D eigenvalue weighted by Crippen LogP contribution is -2.15. The molecule has 0 spiro atoms. The molecular formula is C21H20N4O5S. The van der Waals surface area contributed by atoms with Gasteiger partial charge in [0.15, 0.2) is 0 Å². The number of aliphatic hydroxyl groups is 1. The molecule has 10 heteroatoms. The van der Waals surface area contributed by atoms with Gasteiger partial charge in [-0.2, -0.15) is 9.98 Å². The summed E-state index contributed by atoms with van der Waals surface area (Å²) < 4.78 is 9.65. The predicted molar refractivity (Wildman–Crippen MR) is 118 cm³/mol. The number of ether oxygens (including phenoxy) is 1. The van der Waals surface area contributed by atoms with E-state index in [1.165, 1.54) is 31.0 Å². The number of amides is 1. The number of aliphatic imine (C=N–C) groups is 2. The zero-order valence-corrected chi connectivity index (χ0v) is 17.9. The highest BCUT2D eigenvalue weighted by Gasteiger charge is 2.16. The number of carbonyl (C=O) groups is 1. The molecule has 160 valence electrons. The number of phenolic OH excluding ortho intramolecular Hbond substituents is 1. The van der Waals surface area contributed by atoms with Crippen LogP contribution in [0.1, 0.15) is 17.0 Å². The summed E-state index contributed by atoms with van der Waals surface area (Å²) in [5.41, 5.74) is 2.64. The van der Waals surface area contributed by atoms with Gasteiger partial charge in [0.1, 0.15) is 16.5 Å². The van der Waals surface area contributed by atoms with Crippen molar-refractivity contribution in [1.82, 2.24) is 10.1 Å². The summed E-state index contributed by atoms with van der Waals surface area (Å²) in [6.07, 6.45) is 0.969. The Morgan fingerprint density at radius 3 is 2.55 bits per heavy atom. The van der Waals surface area contributed by atoms with Gasteiger partial charge < -0.3 is 19.5 Å². The Labute approximate surface area is 182 Å². The average molecular weight is 440 g/mol. The number of rotatable bonds is 5. The normalized spacial score (nSPS) is 12.1. The molecule has 0 aliphatic carbocycles. The summed E-state index contributed by atoms with van der Waals surface area (Å²) in [4.78, 5) is 24.6. The number of nitrogens with zero attached hydrogens (tertiary/aromatic N) is 4. The highest BCUT2D eigenvalue weighted by molar-refractivity contribution is 8.15. The van der Waals surface area contributed by atoms with Crippen molar-refractivity contribution in [2.75, 3.05) is 13.4 Å². The second-order valence-electron chi connectivity index (χ2n) is 6.28. The summed E-state index contributed by atoms with van der Waals surface area (Å²) >= 11 is 1.20. The Morgan fingerprint density at radius 2 is 1.97 bits per heavy atom. The van der Waals surface area contributed by atoms with Gasteiger partial charge in [0.2, 0.25) is 11.7 Å². The van der Waals surface area contributed by atoms with Gasteiger partial charge >= 0.3 is 6.09 Å². The number of aryl methyl sites for hydroxylation is 1. The second kappa shape index (κ2) is 10.0. The number of hydrogen-bond acceptors (Lipinski definition) is 9. The molecule has 0 saturated carbocycles. The summed E-state index contributed by atoms with van der Waals surface area (Å²) in [6.45, 7) is 1.44. The maximum Gasteiger partial charge on any atom is 0.434 e. The maximum absolute atomic E-state index is 11.8. The van der Waals surface area contributed by atoms with Crippen molar-refractivity contribution in [3.63, 3.8) is 0 Å². The molecule has 0 aliphatic rings. The first-order valence-corrected chi connectivity index (χ1v) is 10.3. The van der Waals surface area contributed by atoms with Crippen LogP contribution < -0.4 is 0 Å². The number of aromatic hydroxyl groups is 1. The van der Waals surface area contributed by atoms with Gasteiger partial charge in [0, 0.05) is 18.1 Å². The molecule has 0 bridgehead atoms. The molecular weight excluding hydrogens is 420 g/mol. The van der Waals surface area contributed by atoms with Crippen LogP contribution in [0.5, 0.6) is 5.75 Å². The molecule has 3 aromatic rings. The standard InChI is InChI=1S/C21H20N4O5S/c1-12-22-19(25-30-12)14-4-6-16(7-5-14)23-18(20(31-3)24-21(28)29-2)15-8-13(11-26)9-17(27)10-15/h4-10,26-27H,11H2,1-3H3/b23-18-,24-20-. The van der Waals surface area contributed by atoms with Gasteiger partial charge in [-0.05, 0) is 54.3 Å². The van der Waals surface area contributed by atoms with Crippen molar-refractivity contribution in [2.45, 2.75) is 13.5 Å². The van der Waals surface area contributed by atoms with Gasteiger partial charge in [0.05, 0.1) is 19.4 Å². The Bertz CT molecular complexity index is 1140. The molecule has 0 fully saturated rings. The summed E-state index contributed by atoms with van der Waals surface area (Å²) in [7, 11) is 1.23. The minimum atomic E-state index is -0.776. The Kier molecular flexibility index (Phi) is 7.16. The maximum atomic E-state index is 11.8. The van der Waals surface area contributed by atoms with Crippen molar-refractivity contribution in [3.8, 4) is 17.1 Å². The molecule has 9 nitrogen and oxygen atoms in total. The van der Waals surface area contributed by atoms with Crippen LogP contribution in [-0.4, -0.2) is 50.6 Å². The van der Waals surface area contributed by atoms with E-state index in [-0.39, 0.29) is 12.4 Å². The SMILES string of the molecule is COC(=O)/N=C(SC)/C(=N\c1ccc(-c2noc(C)n2)cc1)c1cc(O)cc(CO)c1. The number of hydrogen-bond donors (Lipinski definition) is 2. The fourth-order valence-electron chi connectivity index (χ4n) is 2.69. The summed E-state index contributed by atoms with van der Waals surface area (Å²) in [5.74, 6) is 0.882. The van der Waals surface area contributed by atoms with Crippen molar-refractivity contribution < 1.29 is 24.3 Å². The largest absolute Gasteiger partial charge is 0.508 e. The smallest absolute Gasteiger partial charge is 0.434 e. The van der Waals surface area contributed by atoms with Gasteiger partial charge in [-0.25, -0.2) is 9.79 Å². The molecule has 1 amide bonds. The van der Waals surface area contributed by atoms with Crippen molar-refractivity contribution in [3.05, 3.63) is 59.5 Å². The Hall–Kier alpha value is -3.50. The average Bonchev–Trinajstić information content (AvgIpc) is 3.22. The van der Waals surface area contributed by atoms with Gasteiger partial charge in [-0.3, -0.25) is 0 Å². The van der Waals surface area contributed by atoms with Crippen LogP contribution in [0.3, 0.4) is 0 Å². The molecule has 0 radical (unpaired) electrons. The van der Waals surface area contributed by atoms with Crippen LogP contribution >= 0.6 is 11.8 Å². The quantitative estimate of drug-likeness (QED) is 0.451. The molecule has 0 saturated heterocycles. The topological polar surface area (TPSA) is 130 Å². The van der Waals surface area contributed by atoms with Crippen molar-refractivity contribution in [2.24, 2.45) is 9.98 Å². The number of carbonyl (C=O) groups excluding carboxylic acids is 1. The molecule has 1 heterocycles. The number of thioether (sulfide) groups is 1. The fraction of sp³-hybridized carbons (Fsp3) is 0.190. The lowest BCUT2D eigenvalue weighted by atomic mass is 10.1. The molecule has 1 aromatic heterocycles. The lowest BCUT2D eigenvalue weighted by Gasteiger charge is -2.11. The van der Waals surface area contributed by atoms with E-state index in [2.05, 4.69) is 24.9 Å². The lowest BCUT2D eigenvalue weighted by molar-refractivity contribution is 0.183. The summed E-state index contributed by atoms with van der Waals surface area (Å²) in [6, 6.07) is 11.7. The predicted octanol–water partition coefficient (Wildman–Crippen LogP) is 3.89. The Balaban J connectivity index is 2.09.